The minimum absolute atomic E-state index is 0.414. The normalized spacial score (nSPS) is 13.9. The van der Waals surface area contributed by atoms with Gasteiger partial charge in [0, 0.05) is 21.7 Å². The molecule has 0 radical (unpaired) electrons. The van der Waals surface area contributed by atoms with E-state index >= 15 is 0 Å². The third kappa shape index (κ3) is 3.72. The molecule has 2 aromatic carbocycles. The summed E-state index contributed by atoms with van der Waals surface area (Å²) >= 11 is 9.34. The van der Waals surface area contributed by atoms with Crippen LogP contribution in [0.2, 0.25) is 5.02 Å². The zero-order valence-electron chi connectivity index (χ0n) is 10.5. The summed E-state index contributed by atoms with van der Waals surface area (Å²) in [4.78, 5) is 0. The molecule has 1 atom stereocenters. The van der Waals surface area contributed by atoms with E-state index in [0.717, 1.165) is 15.7 Å². The van der Waals surface area contributed by atoms with Crippen LogP contribution in [0.1, 0.15) is 12.5 Å². The molecule has 2 aromatic rings. The Balaban J connectivity index is 2.09. The summed E-state index contributed by atoms with van der Waals surface area (Å²) in [6.07, 6.45) is 0. The van der Waals surface area contributed by atoms with Crippen molar-refractivity contribution in [3.05, 3.63) is 63.6 Å². The van der Waals surface area contributed by atoms with Crippen molar-refractivity contribution >= 4 is 33.2 Å². The van der Waals surface area contributed by atoms with Crippen LogP contribution in [0.3, 0.4) is 0 Å². The Kier molecular flexibility index (Phi) is 4.50. The van der Waals surface area contributed by atoms with E-state index in [1.54, 1.807) is 6.92 Å². The fourth-order valence-electron chi connectivity index (χ4n) is 1.80. The van der Waals surface area contributed by atoms with Gasteiger partial charge in [0.05, 0.1) is 0 Å². The molecule has 19 heavy (non-hydrogen) atoms. The number of halogens is 2. The number of hydrogen-bond donors (Lipinski definition) is 2. The van der Waals surface area contributed by atoms with Crippen LogP contribution in [-0.2, 0) is 5.60 Å². The third-order valence-corrected chi connectivity index (χ3v) is 3.84. The van der Waals surface area contributed by atoms with E-state index in [2.05, 4.69) is 21.2 Å². The topological polar surface area (TPSA) is 32.3 Å². The first-order valence-corrected chi connectivity index (χ1v) is 7.13. The minimum atomic E-state index is -0.930. The monoisotopic (exact) mass is 339 g/mol. The third-order valence-electron chi connectivity index (χ3n) is 2.95. The number of benzene rings is 2. The van der Waals surface area contributed by atoms with E-state index in [1.165, 1.54) is 0 Å². The predicted octanol–water partition coefficient (Wildman–Crippen LogP) is 4.42. The van der Waals surface area contributed by atoms with Crippen LogP contribution < -0.4 is 5.32 Å². The second kappa shape index (κ2) is 5.95. The van der Waals surface area contributed by atoms with Crippen LogP contribution in [-0.4, -0.2) is 11.7 Å². The summed E-state index contributed by atoms with van der Waals surface area (Å²) in [6, 6.07) is 15.1. The van der Waals surface area contributed by atoms with Gasteiger partial charge in [-0.3, -0.25) is 0 Å². The summed E-state index contributed by atoms with van der Waals surface area (Å²) in [7, 11) is 0. The highest BCUT2D eigenvalue weighted by Crippen LogP contribution is 2.27. The fraction of sp³-hybridized carbons (Fsp3) is 0.200. The SMILES string of the molecule is CC(O)(CNc1ccc(Cl)cc1Br)c1ccccc1. The van der Waals surface area contributed by atoms with Gasteiger partial charge in [0.15, 0.2) is 0 Å². The van der Waals surface area contributed by atoms with Crippen LogP contribution in [0.25, 0.3) is 0 Å². The maximum Gasteiger partial charge on any atom is 0.104 e. The first-order valence-electron chi connectivity index (χ1n) is 5.96. The van der Waals surface area contributed by atoms with Gasteiger partial charge in [-0.25, -0.2) is 0 Å². The number of aliphatic hydroxyl groups is 1. The molecule has 0 aliphatic rings. The Morgan fingerprint density at radius 1 is 1.21 bits per heavy atom. The van der Waals surface area contributed by atoms with Crippen molar-refractivity contribution in [2.24, 2.45) is 0 Å². The molecule has 0 aliphatic heterocycles. The van der Waals surface area contributed by atoms with Crippen molar-refractivity contribution in [3.8, 4) is 0 Å². The highest BCUT2D eigenvalue weighted by molar-refractivity contribution is 9.10. The molecule has 4 heteroatoms. The number of anilines is 1. The molecule has 0 saturated heterocycles. The number of hydrogen-bond acceptors (Lipinski definition) is 2. The lowest BCUT2D eigenvalue weighted by Gasteiger charge is -2.25. The summed E-state index contributed by atoms with van der Waals surface area (Å²) in [6.45, 7) is 2.20. The van der Waals surface area contributed by atoms with Crippen LogP contribution in [0.5, 0.6) is 0 Å². The van der Waals surface area contributed by atoms with E-state index in [1.807, 2.05) is 48.5 Å². The minimum Gasteiger partial charge on any atom is -0.384 e. The average Bonchev–Trinajstić information content (AvgIpc) is 2.39. The highest BCUT2D eigenvalue weighted by Gasteiger charge is 2.22. The molecule has 2 N–H and O–H groups in total. The molecule has 2 nitrogen and oxygen atoms in total. The molecule has 0 heterocycles. The van der Waals surface area contributed by atoms with Gasteiger partial charge in [0.25, 0.3) is 0 Å². The standard InChI is InChI=1S/C15H15BrClNO/c1-15(19,11-5-3-2-4-6-11)10-18-14-8-7-12(17)9-13(14)16/h2-9,18-19H,10H2,1H3. The molecular weight excluding hydrogens is 326 g/mol. The molecule has 0 spiro atoms. The largest absolute Gasteiger partial charge is 0.384 e. The molecule has 100 valence electrons. The first-order chi connectivity index (χ1) is 8.99. The number of nitrogens with one attached hydrogen (secondary N) is 1. The van der Waals surface area contributed by atoms with E-state index in [0.29, 0.717) is 11.6 Å². The van der Waals surface area contributed by atoms with Gasteiger partial charge in [0.2, 0.25) is 0 Å². The molecular formula is C15H15BrClNO. The van der Waals surface area contributed by atoms with Gasteiger partial charge in [-0.1, -0.05) is 41.9 Å². The van der Waals surface area contributed by atoms with Crippen molar-refractivity contribution in [1.82, 2.24) is 0 Å². The number of rotatable bonds is 4. The first kappa shape index (κ1) is 14.4. The van der Waals surface area contributed by atoms with Crippen LogP contribution in [0, 0.1) is 0 Å². The molecule has 0 aromatic heterocycles. The Bertz CT molecular complexity index is 557. The maximum absolute atomic E-state index is 10.5. The zero-order valence-corrected chi connectivity index (χ0v) is 12.9. The van der Waals surface area contributed by atoms with Gasteiger partial charge in [-0.2, -0.15) is 0 Å². The van der Waals surface area contributed by atoms with Crippen molar-refractivity contribution in [3.63, 3.8) is 0 Å². The summed E-state index contributed by atoms with van der Waals surface area (Å²) in [5, 5.41) is 14.4. The Labute approximate surface area is 126 Å². The van der Waals surface area contributed by atoms with Gasteiger partial charge >= 0.3 is 0 Å². The molecule has 0 saturated carbocycles. The van der Waals surface area contributed by atoms with Gasteiger partial charge < -0.3 is 10.4 Å². The second-order valence-corrected chi connectivity index (χ2v) is 5.91. The molecule has 1 unspecified atom stereocenters. The predicted molar refractivity (Wildman–Crippen MR) is 83.7 cm³/mol. The van der Waals surface area contributed by atoms with E-state index in [-0.39, 0.29) is 0 Å². The lowest BCUT2D eigenvalue weighted by Crippen LogP contribution is -2.30. The van der Waals surface area contributed by atoms with Gasteiger partial charge in [-0.15, -0.1) is 0 Å². The van der Waals surface area contributed by atoms with Crippen LogP contribution in [0.15, 0.2) is 53.0 Å². The van der Waals surface area contributed by atoms with Crippen molar-refractivity contribution < 1.29 is 5.11 Å². The molecule has 0 fully saturated rings. The quantitative estimate of drug-likeness (QED) is 0.863. The van der Waals surface area contributed by atoms with Crippen LogP contribution >= 0.6 is 27.5 Å². The van der Waals surface area contributed by atoms with Crippen molar-refractivity contribution in [2.75, 3.05) is 11.9 Å². The summed E-state index contributed by atoms with van der Waals surface area (Å²) in [5.41, 5.74) is 0.855. The van der Waals surface area contributed by atoms with E-state index < -0.39 is 5.60 Å². The summed E-state index contributed by atoms with van der Waals surface area (Å²) < 4.78 is 0.879. The highest BCUT2D eigenvalue weighted by atomic mass is 79.9. The lowest BCUT2D eigenvalue weighted by atomic mass is 9.96. The van der Waals surface area contributed by atoms with Gasteiger partial charge in [-0.05, 0) is 46.6 Å². The fourth-order valence-corrected chi connectivity index (χ4v) is 2.62. The maximum atomic E-state index is 10.5. The Morgan fingerprint density at radius 2 is 1.89 bits per heavy atom. The molecule has 0 aliphatic carbocycles. The van der Waals surface area contributed by atoms with E-state index in [9.17, 15) is 5.11 Å². The van der Waals surface area contributed by atoms with Gasteiger partial charge in [0.1, 0.15) is 5.60 Å². The van der Waals surface area contributed by atoms with Crippen molar-refractivity contribution in [2.45, 2.75) is 12.5 Å². The zero-order chi connectivity index (χ0) is 13.9. The molecule has 0 amide bonds. The van der Waals surface area contributed by atoms with E-state index in [4.69, 9.17) is 11.6 Å². The Morgan fingerprint density at radius 3 is 2.53 bits per heavy atom. The smallest absolute Gasteiger partial charge is 0.104 e. The lowest BCUT2D eigenvalue weighted by molar-refractivity contribution is 0.0715. The molecule has 2 rings (SSSR count). The van der Waals surface area contributed by atoms with Crippen LogP contribution in [0.4, 0.5) is 5.69 Å². The summed E-state index contributed by atoms with van der Waals surface area (Å²) in [5.74, 6) is 0. The Hall–Kier alpha value is -1.03. The second-order valence-electron chi connectivity index (χ2n) is 4.62. The average molecular weight is 341 g/mol. The molecule has 0 bridgehead atoms. The van der Waals surface area contributed by atoms with Crippen molar-refractivity contribution in [1.29, 1.82) is 0 Å².